The van der Waals surface area contributed by atoms with Gasteiger partial charge in [-0.15, -0.1) is 0 Å². The van der Waals surface area contributed by atoms with E-state index in [4.69, 9.17) is 0 Å². The van der Waals surface area contributed by atoms with Crippen molar-refractivity contribution in [2.45, 2.75) is 24.8 Å². The fourth-order valence-corrected chi connectivity index (χ4v) is 8.30. The van der Waals surface area contributed by atoms with Crippen LogP contribution in [0, 0.1) is 6.92 Å². The molecule has 0 aliphatic rings. The SMILES string of the molecule is Cc1ccc(S(=O)(=O)n2cc([C@@H](C)NP(=O)(c3ccccc3)c3ccccc3)c3ccccc32)cc1. The molecule has 0 fully saturated rings. The molecule has 5 aromatic rings. The molecule has 0 saturated carbocycles. The van der Waals surface area contributed by atoms with E-state index in [1.165, 1.54) is 3.97 Å². The second kappa shape index (κ2) is 9.55. The summed E-state index contributed by atoms with van der Waals surface area (Å²) in [6.07, 6.45) is 1.65. The first kappa shape index (κ1) is 24.3. The smallest absolute Gasteiger partial charge is 0.268 e. The molecule has 0 spiro atoms. The minimum Gasteiger partial charge on any atom is -0.297 e. The summed E-state index contributed by atoms with van der Waals surface area (Å²) in [6.45, 7) is 3.84. The van der Waals surface area contributed by atoms with Crippen LogP contribution >= 0.6 is 7.29 Å². The number of nitrogens with one attached hydrogen (secondary N) is 1. The molecule has 0 amide bonds. The first-order valence-electron chi connectivity index (χ1n) is 11.7. The Morgan fingerprint density at radius 1 is 0.750 bits per heavy atom. The molecule has 5 nitrogen and oxygen atoms in total. The largest absolute Gasteiger partial charge is 0.297 e. The van der Waals surface area contributed by atoms with Crippen molar-refractivity contribution >= 4 is 38.8 Å². The predicted molar refractivity (Wildman–Crippen MR) is 147 cm³/mol. The van der Waals surface area contributed by atoms with Crippen LogP contribution in [-0.2, 0) is 14.6 Å². The summed E-state index contributed by atoms with van der Waals surface area (Å²) in [7, 11) is -7.05. The van der Waals surface area contributed by atoms with Crippen LogP contribution in [0.25, 0.3) is 10.9 Å². The lowest BCUT2D eigenvalue weighted by molar-refractivity contribution is 0.569. The third-order valence-corrected chi connectivity index (χ3v) is 10.9. The van der Waals surface area contributed by atoms with Crippen LogP contribution in [0.2, 0.25) is 0 Å². The summed E-state index contributed by atoms with van der Waals surface area (Å²) in [5.41, 5.74) is 2.33. The highest BCUT2D eigenvalue weighted by Gasteiger charge is 2.31. The fourth-order valence-electron chi connectivity index (χ4n) is 4.46. The molecule has 0 aliphatic heterocycles. The van der Waals surface area contributed by atoms with Gasteiger partial charge in [0.15, 0.2) is 0 Å². The molecule has 7 heteroatoms. The standard InChI is InChI=1S/C29H27N2O3PS/c1-22-17-19-26(20-18-22)36(33,34)31-21-28(27-15-9-10-16-29(27)31)23(2)30-35(32,24-11-5-3-6-12-24)25-13-7-4-8-14-25/h3-21,23H,1-2H3,(H,30,32)/t23-/m1/s1. The monoisotopic (exact) mass is 514 g/mol. The lowest BCUT2D eigenvalue weighted by Crippen LogP contribution is -2.29. The number of aryl methyl sites for hydroxylation is 1. The topological polar surface area (TPSA) is 68.2 Å². The van der Waals surface area contributed by atoms with E-state index < -0.39 is 23.4 Å². The molecule has 0 bridgehead atoms. The van der Waals surface area contributed by atoms with Gasteiger partial charge in [0.05, 0.1) is 10.4 Å². The Morgan fingerprint density at radius 3 is 1.86 bits per heavy atom. The molecule has 182 valence electrons. The average Bonchev–Trinajstić information content (AvgIpc) is 3.31. The van der Waals surface area contributed by atoms with Crippen molar-refractivity contribution in [3.05, 3.63) is 127 Å². The first-order valence-corrected chi connectivity index (χ1v) is 14.9. The molecule has 1 N–H and O–H groups in total. The highest BCUT2D eigenvalue weighted by molar-refractivity contribution is 7.90. The lowest BCUT2D eigenvalue weighted by Gasteiger charge is -2.25. The Balaban J connectivity index is 1.62. The summed E-state index contributed by atoms with van der Waals surface area (Å²) >= 11 is 0. The van der Waals surface area contributed by atoms with E-state index in [1.54, 1.807) is 36.5 Å². The van der Waals surface area contributed by atoms with Gasteiger partial charge in [-0.3, -0.25) is 9.65 Å². The molecule has 0 aliphatic carbocycles. The van der Waals surface area contributed by atoms with E-state index in [9.17, 15) is 13.0 Å². The minimum absolute atomic E-state index is 0.222. The van der Waals surface area contributed by atoms with Crippen LogP contribution in [0.15, 0.2) is 120 Å². The van der Waals surface area contributed by atoms with Crippen molar-refractivity contribution in [2.24, 2.45) is 0 Å². The highest BCUT2D eigenvalue weighted by Crippen LogP contribution is 2.43. The van der Waals surface area contributed by atoms with Gasteiger partial charge in [-0.1, -0.05) is 72.3 Å². The van der Waals surface area contributed by atoms with Gasteiger partial charge in [0.25, 0.3) is 10.0 Å². The molecular formula is C29H27N2O3PS. The van der Waals surface area contributed by atoms with E-state index in [2.05, 4.69) is 5.09 Å². The summed E-state index contributed by atoms with van der Waals surface area (Å²) < 4.78 is 43.1. The molecule has 1 atom stereocenters. The Kier molecular flexibility index (Phi) is 6.44. The first-order chi connectivity index (χ1) is 17.3. The lowest BCUT2D eigenvalue weighted by atomic mass is 10.1. The van der Waals surface area contributed by atoms with Crippen LogP contribution < -0.4 is 15.7 Å². The third kappa shape index (κ3) is 4.33. The fraction of sp³-hybridized carbons (Fsp3) is 0.103. The van der Waals surface area contributed by atoms with Gasteiger partial charge in [0.1, 0.15) is 0 Å². The zero-order valence-corrected chi connectivity index (χ0v) is 21.8. The van der Waals surface area contributed by atoms with Crippen LogP contribution in [0.1, 0.15) is 24.1 Å². The Labute approximate surface area is 211 Å². The molecule has 36 heavy (non-hydrogen) atoms. The zero-order valence-electron chi connectivity index (χ0n) is 20.1. The zero-order chi connectivity index (χ0) is 25.3. The number of rotatable bonds is 7. The molecule has 4 aromatic carbocycles. The van der Waals surface area contributed by atoms with E-state index in [0.717, 1.165) is 16.5 Å². The number of nitrogens with zero attached hydrogens (tertiary/aromatic N) is 1. The number of hydrogen-bond acceptors (Lipinski definition) is 3. The normalized spacial score (nSPS) is 13.1. The number of hydrogen-bond donors (Lipinski definition) is 1. The van der Waals surface area contributed by atoms with Gasteiger partial charge in [0, 0.05) is 28.2 Å². The quantitative estimate of drug-likeness (QED) is 0.280. The maximum Gasteiger partial charge on any atom is 0.268 e. The van der Waals surface area contributed by atoms with Crippen molar-refractivity contribution in [3.63, 3.8) is 0 Å². The second-order valence-corrected chi connectivity index (χ2v) is 13.2. The maximum absolute atomic E-state index is 14.6. The van der Waals surface area contributed by atoms with E-state index in [-0.39, 0.29) is 4.90 Å². The van der Waals surface area contributed by atoms with E-state index in [1.807, 2.05) is 92.7 Å². The molecule has 1 aromatic heterocycles. The van der Waals surface area contributed by atoms with Crippen molar-refractivity contribution in [1.29, 1.82) is 0 Å². The van der Waals surface area contributed by atoms with Crippen molar-refractivity contribution in [1.82, 2.24) is 9.06 Å². The molecule has 5 rings (SSSR count). The van der Waals surface area contributed by atoms with Gasteiger partial charge in [-0.25, -0.2) is 12.4 Å². The van der Waals surface area contributed by atoms with Gasteiger partial charge in [-0.2, -0.15) is 0 Å². The van der Waals surface area contributed by atoms with Gasteiger partial charge in [-0.05, 0) is 61.9 Å². The maximum atomic E-state index is 14.6. The van der Waals surface area contributed by atoms with Crippen LogP contribution in [-0.4, -0.2) is 12.4 Å². The number of fused-ring (bicyclic) bond motifs is 1. The molecule has 0 unspecified atom stereocenters. The van der Waals surface area contributed by atoms with Crippen LogP contribution in [0.5, 0.6) is 0 Å². The molecule has 1 heterocycles. The molecular weight excluding hydrogens is 487 g/mol. The Hall–Kier alpha value is -3.44. The summed E-state index contributed by atoms with van der Waals surface area (Å²) in [4.78, 5) is 0.222. The van der Waals surface area contributed by atoms with Crippen LogP contribution in [0.3, 0.4) is 0 Å². The van der Waals surface area contributed by atoms with Gasteiger partial charge < -0.3 is 0 Å². The van der Waals surface area contributed by atoms with Crippen molar-refractivity contribution in [2.75, 3.05) is 0 Å². The summed E-state index contributed by atoms with van der Waals surface area (Å²) in [5, 5.41) is 5.57. The number of benzene rings is 4. The average molecular weight is 515 g/mol. The van der Waals surface area contributed by atoms with Gasteiger partial charge in [0.2, 0.25) is 7.29 Å². The molecule has 0 radical (unpaired) electrons. The summed E-state index contributed by atoms with van der Waals surface area (Å²) in [6, 6.07) is 32.6. The highest BCUT2D eigenvalue weighted by atomic mass is 32.2. The van der Waals surface area contributed by atoms with E-state index in [0.29, 0.717) is 16.1 Å². The Morgan fingerprint density at radius 2 is 1.28 bits per heavy atom. The molecule has 0 saturated heterocycles. The number of aromatic nitrogens is 1. The van der Waals surface area contributed by atoms with Crippen molar-refractivity contribution < 1.29 is 13.0 Å². The second-order valence-electron chi connectivity index (χ2n) is 8.85. The van der Waals surface area contributed by atoms with Crippen molar-refractivity contribution in [3.8, 4) is 0 Å². The van der Waals surface area contributed by atoms with E-state index >= 15 is 0 Å². The van der Waals surface area contributed by atoms with Gasteiger partial charge >= 0.3 is 0 Å². The van der Waals surface area contributed by atoms with Crippen LogP contribution in [0.4, 0.5) is 0 Å². The minimum atomic E-state index is -3.82. The predicted octanol–water partition coefficient (Wildman–Crippen LogP) is 5.77. The third-order valence-electron chi connectivity index (χ3n) is 6.37. The summed E-state index contributed by atoms with van der Waals surface area (Å²) in [5.74, 6) is 0. The Bertz CT molecular complexity index is 1620. The number of para-hydroxylation sites is 1.